The molecule has 0 saturated heterocycles. The molecule has 0 rings (SSSR count). The minimum Gasteiger partial charge on any atom is -0.380 e. The Balaban J connectivity index is 4.27. The van der Waals surface area contributed by atoms with E-state index in [-0.39, 0.29) is 13.0 Å². The zero-order valence-corrected chi connectivity index (χ0v) is 10.0. The first kappa shape index (κ1) is 14.3. The van der Waals surface area contributed by atoms with Crippen LogP contribution in [-0.2, 0) is 19.6 Å². The average Bonchev–Trinajstić information content (AvgIpc) is 2.13. The summed E-state index contributed by atoms with van der Waals surface area (Å²) in [6.45, 7) is 3.16. The molecule has 1 unspecified atom stereocenters. The summed E-state index contributed by atoms with van der Waals surface area (Å²) in [5.74, 6) is -0.596. The molecule has 6 nitrogen and oxygen atoms in total. The molecule has 0 bridgehead atoms. The number of hydrogen-bond acceptors (Lipinski definition) is 5. The Kier molecular flexibility index (Phi) is 5.77. The van der Waals surface area contributed by atoms with E-state index in [0.717, 1.165) is 0 Å². The minimum absolute atomic E-state index is 0.0566. The maximum absolute atomic E-state index is 11.3. The van der Waals surface area contributed by atoms with Gasteiger partial charge in [0.25, 0.3) is 0 Å². The van der Waals surface area contributed by atoms with Crippen LogP contribution in [0, 0.1) is 0 Å². The van der Waals surface area contributed by atoms with Gasteiger partial charge in [0.2, 0.25) is 15.9 Å². The number of amides is 1. The highest BCUT2D eigenvalue weighted by Gasteiger charge is 2.20. The summed E-state index contributed by atoms with van der Waals surface area (Å²) in [5, 5.41) is -0.639. The van der Waals surface area contributed by atoms with Gasteiger partial charge in [0.1, 0.15) is 0 Å². The summed E-state index contributed by atoms with van der Waals surface area (Å²) in [6.07, 6.45) is -0.508. The molecule has 0 aliphatic heterocycles. The highest BCUT2D eigenvalue weighted by molar-refractivity contribution is 7.90. The third-order valence-corrected chi connectivity index (χ3v) is 3.64. The van der Waals surface area contributed by atoms with Crippen molar-refractivity contribution in [3.05, 3.63) is 0 Å². The van der Waals surface area contributed by atoms with Crippen molar-refractivity contribution in [3.8, 4) is 0 Å². The molecule has 0 radical (unpaired) electrons. The van der Waals surface area contributed by atoms with Crippen molar-refractivity contribution < 1.29 is 17.9 Å². The number of nitrogens with one attached hydrogen (secondary N) is 1. The number of nitrogens with two attached hydrogens (primary N) is 1. The number of hydrogen-bond donors (Lipinski definition) is 2. The monoisotopic (exact) mass is 238 g/mol. The average molecular weight is 238 g/mol. The lowest BCUT2D eigenvalue weighted by molar-refractivity contribution is -0.121. The van der Waals surface area contributed by atoms with Crippen LogP contribution in [0.25, 0.3) is 0 Å². The third kappa shape index (κ3) is 5.10. The summed E-state index contributed by atoms with van der Waals surface area (Å²) >= 11 is 0. The van der Waals surface area contributed by atoms with Crippen molar-refractivity contribution >= 4 is 15.9 Å². The molecule has 0 aromatic rings. The lowest BCUT2D eigenvalue weighted by Crippen LogP contribution is -2.38. The first-order chi connectivity index (χ1) is 6.83. The van der Waals surface area contributed by atoms with Crippen molar-refractivity contribution in [2.24, 2.45) is 5.73 Å². The van der Waals surface area contributed by atoms with E-state index in [0.29, 0.717) is 0 Å². The van der Waals surface area contributed by atoms with Crippen LogP contribution in [0.1, 0.15) is 20.3 Å². The first-order valence-corrected chi connectivity index (χ1v) is 6.15. The number of sulfonamides is 1. The molecule has 3 N–H and O–H groups in total. The van der Waals surface area contributed by atoms with Gasteiger partial charge in [-0.2, -0.15) is 0 Å². The molecule has 0 heterocycles. The number of carbonyl (C=O) groups excluding carboxylic acids is 1. The van der Waals surface area contributed by atoms with Gasteiger partial charge in [0, 0.05) is 13.7 Å². The molecule has 7 heteroatoms. The van der Waals surface area contributed by atoms with Gasteiger partial charge in [-0.3, -0.25) is 9.52 Å². The van der Waals surface area contributed by atoms with Gasteiger partial charge in [-0.1, -0.05) is 0 Å². The van der Waals surface area contributed by atoms with E-state index in [9.17, 15) is 13.2 Å². The van der Waals surface area contributed by atoms with E-state index in [1.807, 2.05) is 4.72 Å². The van der Waals surface area contributed by atoms with E-state index in [1.165, 1.54) is 21.0 Å². The minimum atomic E-state index is -3.56. The second kappa shape index (κ2) is 6.04. The molecule has 15 heavy (non-hydrogen) atoms. The largest absolute Gasteiger partial charge is 0.380 e. The smallest absolute Gasteiger partial charge is 0.237 e. The summed E-state index contributed by atoms with van der Waals surface area (Å²) < 4.78 is 29.4. The predicted molar refractivity (Wildman–Crippen MR) is 56.7 cm³/mol. The van der Waals surface area contributed by atoms with Gasteiger partial charge >= 0.3 is 0 Å². The fourth-order valence-electron chi connectivity index (χ4n) is 0.788. The van der Waals surface area contributed by atoms with Crippen LogP contribution in [0.15, 0.2) is 0 Å². The Morgan fingerprint density at radius 1 is 1.47 bits per heavy atom. The van der Waals surface area contributed by atoms with Crippen LogP contribution in [0.5, 0.6) is 0 Å². The zero-order valence-electron chi connectivity index (χ0n) is 9.19. The third-order valence-electron chi connectivity index (χ3n) is 1.89. The van der Waals surface area contributed by atoms with Crippen LogP contribution in [0.3, 0.4) is 0 Å². The van der Waals surface area contributed by atoms with Crippen LogP contribution in [-0.4, -0.2) is 39.3 Å². The molecule has 1 amide bonds. The second-order valence-electron chi connectivity index (χ2n) is 3.42. The van der Waals surface area contributed by atoms with Crippen LogP contribution in [0.4, 0.5) is 0 Å². The number of ether oxygens (including phenoxy) is 1. The SMILES string of the molecule is COC(CN)CC(=O)NS(=O)(=O)C(C)C. The lowest BCUT2D eigenvalue weighted by atomic mass is 10.2. The fourth-order valence-corrected chi connectivity index (χ4v) is 1.42. The van der Waals surface area contributed by atoms with Gasteiger partial charge in [0.05, 0.1) is 17.8 Å². The van der Waals surface area contributed by atoms with Crippen LogP contribution < -0.4 is 10.5 Å². The highest BCUT2D eigenvalue weighted by Crippen LogP contribution is 1.99. The molecule has 0 aliphatic rings. The quantitative estimate of drug-likeness (QED) is 0.631. The number of carbonyl (C=O) groups is 1. The van der Waals surface area contributed by atoms with Crippen molar-refractivity contribution in [1.29, 1.82) is 0 Å². The lowest BCUT2D eigenvalue weighted by Gasteiger charge is -2.13. The zero-order chi connectivity index (χ0) is 12.1. The molecule has 0 spiro atoms. The topological polar surface area (TPSA) is 98.5 Å². The Morgan fingerprint density at radius 3 is 2.33 bits per heavy atom. The summed E-state index contributed by atoms with van der Waals surface area (Å²) in [4.78, 5) is 11.3. The molecular weight excluding hydrogens is 220 g/mol. The Morgan fingerprint density at radius 2 is 2.00 bits per heavy atom. The molecule has 0 aromatic carbocycles. The summed E-state index contributed by atoms with van der Waals surface area (Å²) in [7, 11) is -2.14. The number of rotatable bonds is 6. The van der Waals surface area contributed by atoms with Crippen LogP contribution in [0.2, 0.25) is 0 Å². The standard InChI is InChI=1S/C8H18N2O4S/c1-6(2)15(12,13)10-8(11)4-7(5-9)14-3/h6-7H,4-5,9H2,1-3H3,(H,10,11). The van der Waals surface area contributed by atoms with E-state index in [2.05, 4.69) is 0 Å². The Bertz CT molecular complexity index is 296. The van der Waals surface area contributed by atoms with E-state index < -0.39 is 27.3 Å². The fraction of sp³-hybridized carbons (Fsp3) is 0.875. The van der Waals surface area contributed by atoms with Crippen LogP contribution >= 0.6 is 0 Å². The Hall–Kier alpha value is -0.660. The molecule has 0 aromatic heterocycles. The van der Waals surface area contributed by atoms with Crippen molar-refractivity contribution in [2.75, 3.05) is 13.7 Å². The Labute approximate surface area is 90.2 Å². The van der Waals surface area contributed by atoms with Crippen molar-refractivity contribution in [2.45, 2.75) is 31.6 Å². The van der Waals surface area contributed by atoms with Crippen molar-refractivity contribution in [1.82, 2.24) is 4.72 Å². The van der Waals surface area contributed by atoms with E-state index in [4.69, 9.17) is 10.5 Å². The van der Waals surface area contributed by atoms with Crippen molar-refractivity contribution in [3.63, 3.8) is 0 Å². The molecule has 0 fully saturated rings. The molecule has 0 aliphatic carbocycles. The summed E-state index contributed by atoms with van der Waals surface area (Å²) in [5.41, 5.74) is 5.30. The van der Waals surface area contributed by atoms with Gasteiger partial charge in [-0.25, -0.2) is 8.42 Å². The van der Waals surface area contributed by atoms with E-state index >= 15 is 0 Å². The van der Waals surface area contributed by atoms with Gasteiger partial charge in [-0.15, -0.1) is 0 Å². The predicted octanol–water partition coefficient (Wildman–Crippen LogP) is -0.795. The normalized spacial score (nSPS) is 13.9. The maximum Gasteiger partial charge on any atom is 0.237 e. The second-order valence-corrected chi connectivity index (χ2v) is 5.65. The highest BCUT2D eigenvalue weighted by atomic mass is 32.2. The molecule has 90 valence electrons. The van der Waals surface area contributed by atoms with Gasteiger partial charge in [0.15, 0.2) is 0 Å². The van der Waals surface area contributed by atoms with Gasteiger partial charge < -0.3 is 10.5 Å². The summed E-state index contributed by atoms with van der Waals surface area (Å²) in [6, 6.07) is 0. The first-order valence-electron chi connectivity index (χ1n) is 4.60. The molecule has 0 saturated carbocycles. The number of methoxy groups -OCH3 is 1. The molecular formula is C8H18N2O4S. The van der Waals surface area contributed by atoms with E-state index in [1.54, 1.807) is 0 Å². The molecule has 1 atom stereocenters. The maximum atomic E-state index is 11.3. The van der Waals surface area contributed by atoms with Gasteiger partial charge in [-0.05, 0) is 13.8 Å².